The Kier molecular flexibility index (Phi) is 5.66. The minimum absolute atomic E-state index is 0.0715. The second-order valence-corrected chi connectivity index (χ2v) is 5.68. The molecule has 0 bridgehead atoms. The first-order valence-electron chi connectivity index (χ1n) is 7.20. The number of nitrogens with zero attached hydrogens (tertiary/aromatic N) is 3. The van der Waals surface area contributed by atoms with E-state index in [1.165, 1.54) is 7.05 Å². The van der Waals surface area contributed by atoms with Crippen molar-refractivity contribution in [3.63, 3.8) is 0 Å². The number of pyridine rings is 1. The summed E-state index contributed by atoms with van der Waals surface area (Å²) < 4.78 is 0. The molecule has 8 nitrogen and oxygen atoms in total. The highest BCUT2D eigenvalue weighted by Crippen LogP contribution is 2.20. The number of benzene rings is 1. The number of nitrogens with one attached hydrogen (secondary N) is 1. The molecule has 0 aliphatic rings. The van der Waals surface area contributed by atoms with Gasteiger partial charge in [0, 0.05) is 13.1 Å². The number of aryl methyl sites for hydroxylation is 1. The van der Waals surface area contributed by atoms with Crippen LogP contribution in [0.15, 0.2) is 36.5 Å². The van der Waals surface area contributed by atoms with E-state index in [2.05, 4.69) is 10.3 Å². The molecule has 0 radical (unpaired) electrons. The number of hydrogen-bond acceptors (Lipinski definition) is 5. The molecule has 1 N–H and O–H groups in total. The van der Waals surface area contributed by atoms with E-state index in [9.17, 15) is 19.7 Å². The van der Waals surface area contributed by atoms with Gasteiger partial charge in [-0.05, 0) is 19.1 Å². The number of carbonyl (C=O) groups excluding carboxylic acids is 2. The van der Waals surface area contributed by atoms with E-state index in [0.717, 1.165) is 17.2 Å². The topological polar surface area (TPSA) is 105 Å². The SMILES string of the molecule is Cc1ncc([N+](=O)[O-])cc1C(=O)N(C)CC(=O)Nc1ccccc1Cl. The maximum absolute atomic E-state index is 12.5. The molecule has 2 aromatic rings. The lowest BCUT2D eigenvalue weighted by molar-refractivity contribution is -0.385. The monoisotopic (exact) mass is 362 g/mol. The Hall–Kier alpha value is -3.00. The van der Waals surface area contributed by atoms with Gasteiger partial charge in [-0.25, -0.2) is 0 Å². The third-order valence-corrected chi connectivity index (χ3v) is 3.72. The Bertz CT molecular complexity index is 841. The van der Waals surface area contributed by atoms with Crippen molar-refractivity contribution in [1.82, 2.24) is 9.88 Å². The van der Waals surface area contributed by atoms with Crippen LogP contribution in [0, 0.1) is 17.0 Å². The number of anilines is 1. The number of hydrogen-bond donors (Lipinski definition) is 1. The summed E-state index contributed by atoms with van der Waals surface area (Å²) in [6.45, 7) is 1.32. The van der Waals surface area contributed by atoms with Crippen LogP contribution in [0.5, 0.6) is 0 Å². The van der Waals surface area contributed by atoms with Crippen molar-refractivity contribution in [3.05, 3.63) is 62.9 Å². The predicted molar refractivity (Wildman–Crippen MR) is 92.7 cm³/mol. The molecule has 130 valence electrons. The third kappa shape index (κ3) is 4.51. The van der Waals surface area contributed by atoms with Crippen molar-refractivity contribution in [1.29, 1.82) is 0 Å². The van der Waals surface area contributed by atoms with Gasteiger partial charge in [0.25, 0.3) is 11.6 Å². The van der Waals surface area contributed by atoms with Crippen LogP contribution in [0.4, 0.5) is 11.4 Å². The van der Waals surface area contributed by atoms with Gasteiger partial charge in [-0.3, -0.25) is 24.7 Å². The normalized spacial score (nSPS) is 10.2. The van der Waals surface area contributed by atoms with E-state index in [1.807, 2.05) is 0 Å². The van der Waals surface area contributed by atoms with Crippen LogP contribution in [-0.2, 0) is 4.79 Å². The molecular weight excluding hydrogens is 348 g/mol. The van der Waals surface area contributed by atoms with E-state index in [4.69, 9.17) is 11.6 Å². The zero-order chi connectivity index (χ0) is 18.6. The van der Waals surface area contributed by atoms with E-state index >= 15 is 0 Å². The van der Waals surface area contributed by atoms with Gasteiger partial charge in [0.15, 0.2) is 0 Å². The van der Waals surface area contributed by atoms with Crippen molar-refractivity contribution < 1.29 is 14.5 Å². The van der Waals surface area contributed by atoms with Crippen molar-refractivity contribution in [2.45, 2.75) is 6.92 Å². The number of likely N-dealkylation sites (N-methyl/N-ethyl adjacent to an activating group) is 1. The Morgan fingerprint density at radius 1 is 1.36 bits per heavy atom. The largest absolute Gasteiger partial charge is 0.332 e. The van der Waals surface area contributed by atoms with E-state index in [0.29, 0.717) is 16.4 Å². The molecule has 9 heteroatoms. The van der Waals surface area contributed by atoms with Crippen molar-refractivity contribution >= 4 is 34.8 Å². The molecular formula is C16H15ClN4O4. The Morgan fingerprint density at radius 3 is 2.68 bits per heavy atom. The van der Waals surface area contributed by atoms with Gasteiger partial charge in [-0.1, -0.05) is 23.7 Å². The van der Waals surface area contributed by atoms with Gasteiger partial charge in [0.1, 0.15) is 6.20 Å². The quantitative estimate of drug-likeness (QED) is 0.650. The lowest BCUT2D eigenvalue weighted by Gasteiger charge is -2.18. The predicted octanol–water partition coefficient (Wildman–Crippen LogP) is 2.66. The Morgan fingerprint density at radius 2 is 2.04 bits per heavy atom. The van der Waals surface area contributed by atoms with Crippen LogP contribution in [0.3, 0.4) is 0 Å². The summed E-state index contributed by atoms with van der Waals surface area (Å²) in [5.41, 5.74) is 0.558. The minimum Gasteiger partial charge on any atom is -0.332 e. The lowest BCUT2D eigenvalue weighted by atomic mass is 10.1. The molecule has 1 aromatic carbocycles. The van der Waals surface area contributed by atoms with Gasteiger partial charge < -0.3 is 10.2 Å². The molecule has 1 heterocycles. The molecule has 0 saturated heterocycles. The summed E-state index contributed by atoms with van der Waals surface area (Å²) in [6.07, 6.45) is 1.08. The molecule has 25 heavy (non-hydrogen) atoms. The highest BCUT2D eigenvalue weighted by molar-refractivity contribution is 6.33. The number of nitro groups is 1. The first-order valence-corrected chi connectivity index (χ1v) is 7.58. The molecule has 2 amide bonds. The highest BCUT2D eigenvalue weighted by atomic mass is 35.5. The first kappa shape index (κ1) is 18.3. The van der Waals surface area contributed by atoms with Crippen LogP contribution in [0.1, 0.15) is 16.1 Å². The number of aromatic nitrogens is 1. The van der Waals surface area contributed by atoms with Gasteiger partial charge in [0.05, 0.1) is 33.4 Å². The fourth-order valence-electron chi connectivity index (χ4n) is 2.08. The van der Waals surface area contributed by atoms with Crippen LogP contribution in [0.25, 0.3) is 0 Å². The number of rotatable bonds is 5. The van der Waals surface area contributed by atoms with Crippen LogP contribution < -0.4 is 5.32 Å². The van der Waals surface area contributed by atoms with Crippen molar-refractivity contribution in [2.75, 3.05) is 18.9 Å². The highest BCUT2D eigenvalue weighted by Gasteiger charge is 2.21. The van der Waals surface area contributed by atoms with Gasteiger partial charge in [-0.2, -0.15) is 0 Å². The number of carbonyl (C=O) groups is 2. The summed E-state index contributed by atoms with van der Waals surface area (Å²) in [5, 5.41) is 13.8. The number of para-hydroxylation sites is 1. The van der Waals surface area contributed by atoms with Crippen LogP contribution in [0.2, 0.25) is 5.02 Å². The molecule has 0 atom stereocenters. The average molecular weight is 363 g/mol. The second-order valence-electron chi connectivity index (χ2n) is 5.27. The van der Waals surface area contributed by atoms with Gasteiger partial charge in [0.2, 0.25) is 5.91 Å². The molecule has 0 aliphatic heterocycles. The maximum atomic E-state index is 12.5. The van der Waals surface area contributed by atoms with E-state index in [1.54, 1.807) is 31.2 Å². The average Bonchev–Trinajstić information content (AvgIpc) is 2.56. The van der Waals surface area contributed by atoms with Gasteiger partial charge >= 0.3 is 0 Å². The maximum Gasteiger partial charge on any atom is 0.288 e. The summed E-state index contributed by atoms with van der Waals surface area (Å²) in [4.78, 5) is 39.7. The number of amides is 2. The van der Waals surface area contributed by atoms with E-state index < -0.39 is 16.7 Å². The standard InChI is InChI=1S/C16H15ClN4O4/c1-10-12(7-11(8-18-10)21(24)25)16(23)20(2)9-15(22)19-14-6-4-3-5-13(14)17/h3-8H,9H2,1-2H3,(H,19,22). The van der Waals surface area contributed by atoms with E-state index in [-0.39, 0.29) is 17.8 Å². The summed E-state index contributed by atoms with van der Waals surface area (Å²) in [7, 11) is 1.42. The second kappa shape index (κ2) is 7.71. The molecule has 1 aromatic heterocycles. The summed E-state index contributed by atoms with van der Waals surface area (Å²) in [5.74, 6) is -0.983. The van der Waals surface area contributed by atoms with Gasteiger partial charge in [-0.15, -0.1) is 0 Å². The van der Waals surface area contributed by atoms with Crippen molar-refractivity contribution in [3.8, 4) is 0 Å². The van der Waals surface area contributed by atoms with Crippen LogP contribution >= 0.6 is 11.6 Å². The van der Waals surface area contributed by atoms with Crippen molar-refractivity contribution in [2.24, 2.45) is 0 Å². The fourth-order valence-corrected chi connectivity index (χ4v) is 2.27. The Labute approximate surface area is 148 Å². The fraction of sp³-hybridized carbons (Fsp3) is 0.188. The smallest absolute Gasteiger partial charge is 0.288 e. The molecule has 2 rings (SSSR count). The van der Waals surface area contributed by atoms with Crippen LogP contribution in [-0.4, -0.2) is 40.2 Å². The zero-order valence-electron chi connectivity index (χ0n) is 13.5. The summed E-state index contributed by atoms with van der Waals surface area (Å²) >= 11 is 5.96. The minimum atomic E-state index is -0.632. The molecule has 0 saturated carbocycles. The molecule has 0 spiro atoms. The molecule has 0 fully saturated rings. The first-order chi connectivity index (χ1) is 11.8. The zero-order valence-corrected chi connectivity index (χ0v) is 14.3. The molecule has 0 unspecified atom stereocenters. The lowest BCUT2D eigenvalue weighted by Crippen LogP contribution is -2.35. The number of halogens is 1. The molecule has 0 aliphatic carbocycles. The Balaban J connectivity index is 2.10. The third-order valence-electron chi connectivity index (χ3n) is 3.39. The summed E-state index contributed by atoms with van der Waals surface area (Å²) in [6, 6.07) is 7.86.